The zero-order valence-corrected chi connectivity index (χ0v) is 13.5. The maximum atomic E-state index is 5.87. The highest BCUT2D eigenvalue weighted by Gasteiger charge is 2.36. The van der Waals surface area contributed by atoms with Crippen molar-refractivity contribution in [3.63, 3.8) is 0 Å². The first-order valence-corrected chi connectivity index (χ1v) is 8.88. The van der Waals surface area contributed by atoms with Crippen LogP contribution in [-0.2, 0) is 12.8 Å². The van der Waals surface area contributed by atoms with E-state index in [4.69, 9.17) is 22.9 Å². The van der Waals surface area contributed by atoms with E-state index in [-0.39, 0.29) is 0 Å². The first kappa shape index (κ1) is 14.1. The molecule has 2 aliphatic carbocycles. The molecule has 1 aromatic rings. The second-order valence-electron chi connectivity index (χ2n) is 5.80. The smallest absolute Gasteiger partial charge is 0.136 e. The highest BCUT2D eigenvalue weighted by Crippen LogP contribution is 2.42. The van der Waals surface area contributed by atoms with E-state index < -0.39 is 0 Å². The van der Waals surface area contributed by atoms with Gasteiger partial charge in [0.05, 0.1) is 5.56 Å². The lowest BCUT2D eigenvalue weighted by Gasteiger charge is -2.40. The van der Waals surface area contributed by atoms with Gasteiger partial charge in [-0.2, -0.15) is 11.8 Å². The Morgan fingerprint density at radius 3 is 2.85 bits per heavy atom. The average Bonchev–Trinajstić information content (AvgIpc) is 2.84. The lowest BCUT2D eigenvalue weighted by atomic mass is 9.84. The van der Waals surface area contributed by atoms with Crippen molar-refractivity contribution in [3.8, 4) is 0 Å². The Kier molecular flexibility index (Phi) is 3.91. The molecule has 20 heavy (non-hydrogen) atoms. The number of anilines is 1. The van der Waals surface area contributed by atoms with E-state index in [1.807, 2.05) is 11.8 Å². The number of hydrogen-bond acceptors (Lipinski definition) is 4. The number of aromatic nitrogens is 1. The molecule has 0 atom stereocenters. The molecule has 0 aromatic carbocycles. The van der Waals surface area contributed by atoms with Crippen molar-refractivity contribution in [3.05, 3.63) is 22.9 Å². The van der Waals surface area contributed by atoms with Crippen LogP contribution in [0.4, 0.5) is 5.82 Å². The van der Waals surface area contributed by atoms with Gasteiger partial charge in [-0.25, -0.2) is 4.98 Å². The summed E-state index contributed by atoms with van der Waals surface area (Å²) in [7, 11) is 0. The number of thiocarbonyl (C=S) groups is 1. The number of nitrogens with two attached hydrogens (primary N) is 1. The summed E-state index contributed by atoms with van der Waals surface area (Å²) in [6.07, 6.45) is 9.48. The molecule has 108 valence electrons. The van der Waals surface area contributed by atoms with Gasteiger partial charge in [0.1, 0.15) is 10.8 Å². The first-order valence-electron chi connectivity index (χ1n) is 7.25. The van der Waals surface area contributed by atoms with Crippen molar-refractivity contribution in [1.29, 1.82) is 0 Å². The minimum atomic E-state index is 0.383. The van der Waals surface area contributed by atoms with Crippen molar-refractivity contribution in [2.24, 2.45) is 5.73 Å². The van der Waals surface area contributed by atoms with Crippen LogP contribution in [0.15, 0.2) is 6.07 Å². The number of thioether (sulfide) groups is 1. The number of nitrogens with zero attached hydrogens (tertiary/aromatic N) is 1. The van der Waals surface area contributed by atoms with Crippen LogP contribution in [0.2, 0.25) is 0 Å². The Morgan fingerprint density at radius 1 is 1.45 bits per heavy atom. The van der Waals surface area contributed by atoms with Crippen LogP contribution in [-0.4, -0.2) is 27.5 Å². The van der Waals surface area contributed by atoms with E-state index in [2.05, 4.69) is 17.6 Å². The Morgan fingerprint density at radius 2 is 2.25 bits per heavy atom. The van der Waals surface area contributed by atoms with Gasteiger partial charge in [0, 0.05) is 17.0 Å². The summed E-state index contributed by atoms with van der Waals surface area (Å²) in [4.78, 5) is 5.23. The second-order valence-corrected chi connectivity index (χ2v) is 7.52. The summed E-state index contributed by atoms with van der Waals surface area (Å²) >= 11 is 7.16. The van der Waals surface area contributed by atoms with Crippen molar-refractivity contribution < 1.29 is 0 Å². The second kappa shape index (κ2) is 5.53. The predicted octanol–water partition coefficient (Wildman–Crippen LogP) is 2.90. The van der Waals surface area contributed by atoms with E-state index in [0.717, 1.165) is 30.8 Å². The van der Waals surface area contributed by atoms with Crippen molar-refractivity contribution in [2.45, 2.75) is 43.3 Å². The molecular formula is C15H21N3S2. The van der Waals surface area contributed by atoms with Gasteiger partial charge in [-0.1, -0.05) is 18.6 Å². The third-order valence-corrected chi connectivity index (χ3v) is 6.23. The van der Waals surface area contributed by atoms with Gasteiger partial charge in [0.25, 0.3) is 0 Å². The standard InChI is InChI=1S/C15H21N3S2/c1-20-15(6-3-7-15)9-17-14-11(13(16)19)8-10-4-2-5-12(10)18-14/h8H,2-7,9H2,1H3,(H2,16,19)(H,17,18). The van der Waals surface area contributed by atoms with Gasteiger partial charge in [-0.15, -0.1) is 0 Å². The quantitative estimate of drug-likeness (QED) is 0.819. The molecule has 1 aromatic heterocycles. The van der Waals surface area contributed by atoms with Crippen molar-refractivity contribution >= 4 is 34.8 Å². The Hall–Kier alpha value is -0.810. The molecule has 1 fully saturated rings. The van der Waals surface area contributed by atoms with Crippen LogP contribution >= 0.6 is 24.0 Å². The fraction of sp³-hybridized carbons (Fsp3) is 0.600. The van der Waals surface area contributed by atoms with Crippen LogP contribution in [0.1, 0.15) is 42.5 Å². The SMILES string of the molecule is CSC1(CNc2nc3c(cc2C(N)=S)CCC3)CCC1. The molecule has 0 aliphatic heterocycles. The van der Waals surface area contributed by atoms with E-state index in [9.17, 15) is 0 Å². The number of hydrogen-bond donors (Lipinski definition) is 2. The summed E-state index contributed by atoms with van der Waals surface area (Å²) in [6.45, 7) is 0.954. The maximum Gasteiger partial charge on any atom is 0.136 e. The van der Waals surface area contributed by atoms with Gasteiger partial charge >= 0.3 is 0 Å². The van der Waals surface area contributed by atoms with Crippen LogP contribution in [0, 0.1) is 0 Å². The van der Waals surface area contributed by atoms with E-state index in [0.29, 0.717) is 9.74 Å². The monoisotopic (exact) mass is 307 g/mol. The molecule has 0 spiro atoms. The molecule has 3 nitrogen and oxygen atoms in total. The minimum absolute atomic E-state index is 0.383. The van der Waals surface area contributed by atoms with E-state index in [1.54, 1.807) is 0 Å². The summed E-state index contributed by atoms with van der Waals surface area (Å²) in [5.41, 5.74) is 9.33. The van der Waals surface area contributed by atoms with Crippen LogP contribution < -0.4 is 11.1 Å². The molecule has 3 N–H and O–H groups in total. The zero-order chi connectivity index (χ0) is 14.2. The molecule has 2 aliphatic rings. The fourth-order valence-electron chi connectivity index (χ4n) is 3.06. The summed E-state index contributed by atoms with van der Waals surface area (Å²) in [6, 6.07) is 2.15. The van der Waals surface area contributed by atoms with Crippen LogP contribution in [0.5, 0.6) is 0 Å². The summed E-state index contributed by atoms with van der Waals surface area (Å²) in [5, 5.41) is 3.52. The summed E-state index contributed by atoms with van der Waals surface area (Å²) < 4.78 is 0.383. The van der Waals surface area contributed by atoms with Gasteiger partial charge < -0.3 is 11.1 Å². The highest BCUT2D eigenvalue weighted by atomic mass is 32.2. The first-order chi connectivity index (χ1) is 9.63. The third kappa shape index (κ3) is 2.53. The number of aryl methyl sites for hydroxylation is 2. The zero-order valence-electron chi connectivity index (χ0n) is 11.9. The van der Waals surface area contributed by atoms with Crippen molar-refractivity contribution in [2.75, 3.05) is 18.1 Å². The topological polar surface area (TPSA) is 50.9 Å². The molecule has 0 amide bonds. The third-order valence-electron chi connectivity index (χ3n) is 4.59. The Bertz CT molecular complexity index is 533. The molecule has 3 rings (SSSR count). The van der Waals surface area contributed by atoms with E-state index >= 15 is 0 Å². The molecule has 1 saturated carbocycles. The average molecular weight is 307 g/mol. The van der Waals surface area contributed by atoms with Gasteiger partial charge in [-0.3, -0.25) is 0 Å². The van der Waals surface area contributed by atoms with Gasteiger partial charge in [0.2, 0.25) is 0 Å². The van der Waals surface area contributed by atoms with Crippen LogP contribution in [0.3, 0.4) is 0 Å². The Labute approximate surface area is 130 Å². The number of rotatable bonds is 5. The predicted molar refractivity (Wildman–Crippen MR) is 90.7 cm³/mol. The molecule has 1 heterocycles. The molecule has 0 bridgehead atoms. The van der Waals surface area contributed by atoms with Gasteiger partial charge in [-0.05, 0) is 50.0 Å². The highest BCUT2D eigenvalue weighted by molar-refractivity contribution is 8.00. The molecule has 0 radical (unpaired) electrons. The number of pyridine rings is 1. The van der Waals surface area contributed by atoms with E-state index in [1.165, 1.54) is 36.9 Å². The minimum Gasteiger partial charge on any atom is -0.389 e. The molecule has 0 saturated heterocycles. The fourth-order valence-corrected chi connectivity index (χ4v) is 4.13. The summed E-state index contributed by atoms with van der Waals surface area (Å²) in [5.74, 6) is 0.887. The Balaban J connectivity index is 1.82. The number of fused-ring (bicyclic) bond motifs is 1. The molecule has 5 heteroatoms. The molecular weight excluding hydrogens is 286 g/mol. The van der Waals surface area contributed by atoms with Crippen molar-refractivity contribution in [1.82, 2.24) is 4.98 Å². The lowest BCUT2D eigenvalue weighted by molar-refractivity contribution is 0.379. The maximum absolute atomic E-state index is 5.87. The normalized spacial score (nSPS) is 19.2. The van der Waals surface area contributed by atoms with Gasteiger partial charge in [0.15, 0.2) is 0 Å². The molecule has 0 unspecified atom stereocenters. The van der Waals surface area contributed by atoms with Crippen LogP contribution in [0.25, 0.3) is 0 Å². The number of nitrogens with one attached hydrogen (secondary N) is 1. The largest absolute Gasteiger partial charge is 0.389 e. The lowest BCUT2D eigenvalue weighted by Crippen LogP contribution is -2.40.